The molecule has 0 amide bonds. The van der Waals surface area contributed by atoms with Crippen molar-refractivity contribution in [2.45, 2.75) is 66.2 Å². The Morgan fingerprint density at radius 3 is 2.07 bits per heavy atom. The van der Waals surface area contributed by atoms with Crippen LogP contribution in [0.5, 0.6) is 11.5 Å². The fraction of sp³-hybridized carbons (Fsp3) is 0.472. The van der Waals surface area contributed by atoms with Crippen LogP contribution in [0.1, 0.15) is 63.5 Å². The number of hydrogen-bond acceptors (Lipinski definition) is 6. The van der Waals surface area contributed by atoms with Crippen LogP contribution in [0.25, 0.3) is 11.0 Å². The summed E-state index contributed by atoms with van der Waals surface area (Å²) in [7, 11) is 0. The molecule has 0 aliphatic carbocycles. The zero-order valence-corrected chi connectivity index (χ0v) is 26.7. The van der Waals surface area contributed by atoms with Crippen LogP contribution in [0.3, 0.4) is 0 Å². The summed E-state index contributed by atoms with van der Waals surface area (Å²) in [6, 6.07) is 24.5. The molecule has 1 atom stereocenters. The molecule has 0 bridgehead atoms. The summed E-state index contributed by atoms with van der Waals surface area (Å²) >= 11 is 0. The number of aromatic nitrogens is 2. The van der Waals surface area contributed by atoms with E-state index in [1.807, 2.05) is 36.4 Å². The molecule has 0 saturated carbocycles. The van der Waals surface area contributed by atoms with Crippen molar-refractivity contribution in [3.63, 3.8) is 0 Å². The third-order valence-corrected chi connectivity index (χ3v) is 8.24. The predicted octanol–water partition coefficient (Wildman–Crippen LogP) is 6.70. The fourth-order valence-corrected chi connectivity index (χ4v) is 5.55. The molecule has 1 unspecified atom stereocenters. The molecular weight excluding hydrogens is 534 g/mol. The van der Waals surface area contributed by atoms with Gasteiger partial charge in [-0.15, -0.1) is 0 Å². The smallest absolute Gasteiger partial charge is 0.127 e. The Morgan fingerprint density at radius 2 is 1.40 bits per heavy atom. The van der Waals surface area contributed by atoms with E-state index in [9.17, 15) is 0 Å². The molecule has 2 N–H and O–H groups in total. The van der Waals surface area contributed by atoms with Crippen LogP contribution in [-0.4, -0.2) is 65.2 Å². The number of ether oxygens (including phenoxy) is 2. The predicted molar refractivity (Wildman–Crippen MR) is 178 cm³/mol. The van der Waals surface area contributed by atoms with Crippen LogP contribution in [-0.2, 0) is 19.6 Å². The minimum absolute atomic E-state index is 0.227. The molecule has 43 heavy (non-hydrogen) atoms. The highest BCUT2D eigenvalue weighted by Crippen LogP contribution is 2.27. The molecule has 7 heteroatoms. The Bertz CT molecular complexity index is 1350. The van der Waals surface area contributed by atoms with Crippen LogP contribution in [0, 0.1) is 0 Å². The number of benzene rings is 3. The Labute approximate surface area is 258 Å². The molecule has 232 valence electrons. The maximum atomic E-state index is 6.88. The molecule has 4 aromatic rings. The van der Waals surface area contributed by atoms with E-state index in [4.69, 9.17) is 20.2 Å². The van der Waals surface area contributed by atoms with Crippen molar-refractivity contribution in [1.29, 1.82) is 0 Å². The van der Waals surface area contributed by atoms with Crippen LogP contribution < -0.4 is 15.2 Å². The molecule has 1 heterocycles. The number of fused-ring (bicyclic) bond motifs is 1. The lowest BCUT2D eigenvalue weighted by Gasteiger charge is -2.20. The molecular formula is C36H51N5O2. The molecule has 4 rings (SSSR count). The number of imidazole rings is 1. The summed E-state index contributed by atoms with van der Waals surface area (Å²) in [6.07, 6.45) is 2.75. The van der Waals surface area contributed by atoms with Gasteiger partial charge in [0.1, 0.15) is 23.9 Å². The second-order valence-corrected chi connectivity index (χ2v) is 11.1. The van der Waals surface area contributed by atoms with E-state index in [0.717, 1.165) is 92.6 Å². The molecule has 1 aromatic heterocycles. The SMILES string of the molecule is CCN(CC)CCCOc1ccc2nc(C(N)Cc3ccc(OCc4ccccc4)cc3)n(CCCN(CC)CC)c2c1. The van der Waals surface area contributed by atoms with Gasteiger partial charge in [-0.2, -0.15) is 0 Å². The Morgan fingerprint density at radius 1 is 0.744 bits per heavy atom. The average molecular weight is 586 g/mol. The maximum absolute atomic E-state index is 6.88. The highest BCUT2D eigenvalue weighted by molar-refractivity contribution is 5.78. The third kappa shape index (κ3) is 9.55. The van der Waals surface area contributed by atoms with E-state index in [0.29, 0.717) is 19.6 Å². The van der Waals surface area contributed by atoms with Gasteiger partial charge in [-0.25, -0.2) is 4.98 Å². The fourth-order valence-electron chi connectivity index (χ4n) is 5.55. The first kappa shape index (κ1) is 32.5. The number of nitrogens with two attached hydrogens (primary N) is 1. The van der Waals surface area contributed by atoms with Crippen molar-refractivity contribution in [3.05, 3.63) is 89.7 Å². The molecule has 0 fully saturated rings. The second kappa shape index (κ2) is 17.0. The summed E-state index contributed by atoms with van der Waals surface area (Å²) in [5, 5.41) is 0. The molecule has 0 aliphatic rings. The average Bonchev–Trinajstić information content (AvgIpc) is 3.41. The van der Waals surface area contributed by atoms with Crippen molar-refractivity contribution in [2.75, 3.05) is 45.9 Å². The van der Waals surface area contributed by atoms with Gasteiger partial charge in [0.2, 0.25) is 0 Å². The summed E-state index contributed by atoms with van der Waals surface area (Å²) < 4.78 is 14.5. The first-order valence-electron chi connectivity index (χ1n) is 16.1. The monoisotopic (exact) mass is 585 g/mol. The van der Waals surface area contributed by atoms with Crippen molar-refractivity contribution in [3.8, 4) is 11.5 Å². The van der Waals surface area contributed by atoms with Crippen molar-refractivity contribution in [2.24, 2.45) is 5.73 Å². The van der Waals surface area contributed by atoms with E-state index in [-0.39, 0.29) is 6.04 Å². The molecule has 0 spiro atoms. The standard InChI is InChI=1S/C36H51N5O2/c1-5-39(6-2)22-12-24-41-35-27-32(42-25-13-23-40(7-3)8-4)20-21-34(35)38-36(41)33(37)26-29-16-18-31(19-17-29)43-28-30-14-10-9-11-15-30/h9-11,14-21,27,33H,5-8,12-13,22-26,28,37H2,1-4H3. The van der Waals surface area contributed by atoms with E-state index in [1.165, 1.54) is 5.56 Å². The zero-order chi connectivity index (χ0) is 30.4. The summed E-state index contributed by atoms with van der Waals surface area (Å²) in [6.45, 7) is 17.4. The highest BCUT2D eigenvalue weighted by Gasteiger charge is 2.19. The maximum Gasteiger partial charge on any atom is 0.127 e. The van der Waals surface area contributed by atoms with E-state index in [1.54, 1.807) is 0 Å². The Hall–Kier alpha value is -3.39. The summed E-state index contributed by atoms with van der Waals surface area (Å²) in [5.74, 6) is 2.68. The van der Waals surface area contributed by atoms with Gasteiger partial charge in [0, 0.05) is 19.2 Å². The van der Waals surface area contributed by atoms with Gasteiger partial charge >= 0.3 is 0 Å². The van der Waals surface area contributed by atoms with Gasteiger partial charge < -0.3 is 29.6 Å². The lowest BCUT2D eigenvalue weighted by atomic mass is 10.1. The number of hydrogen-bond donors (Lipinski definition) is 1. The topological polar surface area (TPSA) is 68.8 Å². The molecule has 0 aliphatic heterocycles. The van der Waals surface area contributed by atoms with Gasteiger partial charge in [0.05, 0.1) is 23.7 Å². The zero-order valence-electron chi connectivity index (χ0n) is 26.7. The Balaban J connectivity index is 1.46. The minimum atomic E-state index is -0.227. The lowest BCUT2D eigenvalue weighted by molar-refractivity contribution is 0.249. The largest absolute Gasteiger partial charge is 0.493 e. The third-order valence-electron chi connectivity index (χ3n) is 8.24. The first-order chi connectivity index (χ1) is 21.0. The lowest BCUT2D eigenvalue weighted by Crippen LogP contribution is -2.25. The first-order valence-corrected chi connectivity index (χ1v) is 16.1. The van der Waals surface area contributed by atoms with Crippen LogP contribution in [0.2, 0.25) is 0 Å². The van der Waals surface area contributed by atoms with E-state index >= 15 is 0 Å². The van der Waals surface area contributed by atoms with Gasteiger partial charge in [0.15, 0.2) is 0 Å². The molecule has 3 aromatic carbocycles. The molecule has 0 radical (unpaired) electrons. The van der Waals surface area contributed by atoms with Crippen LogP contribution >= 0.6 is 0 Å². The minimum Gasteiger partial charge on any atom is -0.493 e. The second-order valence-electron chi connectivity index (χ2n) is 11.1. The van der Waals surface area contributed by atoms with E-state index in [2.05, 4.69) is 78.5 Å². The normalized spacial score (nSPS) is 12.3. The van der Waals surface area contributed by atoms with Gasteiger partial charge in [-0.1, -0.05) is 70.2 Å². The van der Waals surface area contributed by atoms with Crippen LogP contribution in [0.15, 0.2) is 72.8 Å². The Kier molecular flexibility index (Phi) is 12.9. The van der Waals surface area contributed by atoms with Gasteiger partial charge in [0.25, 0.3) is 0 Å². The summed E-state index contributed by atoms with van der Waals surface area (Å²) in [5.41, 5.74) is 11.3. The quantitative estimate of drug-likeness (QED) is 0.124. The van der Waals surface area contributed by atoms with E-state index < -0.39 is 0 Å². The van der Waals surface area contributed by atoms with Crippen LogP contribution in [0.4, 0.5) is 0 Å². The van der Waals surface area contributed by atoms with Crippen molar-refractivity contribution >= 4 is 11.0 Å². The van der Waals surface area contributed by atoms with Gasteiger partial charge in [-0.05, 0) is 87.4 Å². The highest BCUT2D eigenvalue weighted by atomic mass is 16.5. The van der Waals surface area contributed by atoms with Gasteiger partial charge in [-0.3, -0.25) is 0 Å². The number of nitrogens with zero attached hydrogens (tertiary/aromatic N) is 4. The molecule has 7 nitrogen and oxygen atoms in total. The van der Waals surface area contributed by atoms with Crippen molar-refractivity contribution < 1.29 is 9.47 Å². The summed E-state index contributed by atoms with van der Waals surface area (Å²) in [4.78, 5) is 9.94. The number of rotatable bonds is 19. The number of aryl methyl sites for hydroxylation is 1. The van der Waals surface area contributed by atoms with Crippen molar-refractivity contribution in [1.82, 2.24) is 19.4 Å². The molecule has 0 saturated heterocycles.